The first-order valence-corrected chi connectivity index (χ1v) is 11.0. The number of nitrogens with one attached hydrogen (secondary N) is 2. The molecule has 0 unspecified atom stereocenters. The van der Waals surface area contributed by atoms with Gasteiger partial charge < -0.3 is 25.3 Å². The van der Waals surface area contributed by atoms with Crippen LogP contribution in [-0.4, -0.2) is 87.6 Å². The van der Waals surface area contributed by atoms with Crippen molar-refractivity contribution in [2.24, 2.45) is 10.4 Å². The maximum atomic E-state index is 12.8. The van der Waals surface area contributed by atoms with Crippen molar-refractivity contribution in [3.8, 4) is 0 Å². The summed E-state index contributed by atoms with van der Waals surface area (Å²) in [6.07, 6.45) is 5.95. The summed E-state index contributed by atoms with van der Waals surface area (Å²) in [6.45, 7) is 5.33. The topological polar surface area (TPSA) is 76.1 Å². The largest absolute Gasteiger partial charge is 0.355 e. The molecule has 174 valence electrons. The van der Waals surface area contributed by atoms with E-state index in [0.29, 0.717) is 13.1 Å². The van der Waals surface area contributed by atoms with Gasteiger partial charge in [0.15, 0.2) is 5.96 Å². The van der Waals surface area contributed by atoms with Gasteiger partial charge >= 0.3 is 0 Å². The summed E-state index contributed by atoms with van der Waals surface area (Å²) >= 11 is 0. The minimum atomic E-state index is -0.319. The molecule has 2 heterocycles. The molecule has 0 aromatic carbocycles. The lowest BCUT2D eigenvalue weighted by Crippen LogP contribution is -2.49. The summed E-state index contributed by atoms with van der Waals surface area (Å²) in [5.41, 5.74) is 0.838. The van der Waals surface area contributed by atoms with Crippen molar-refractivity contribution < 1.29 is 4.79 Å². The summed E-state index contributed by atoms with van der Waals surface area (Å²) in [7, 11) is 7.62. The van der Waals surface area contributed by atoms with Gasteiger partial charge in [-0.25, -0.2) is 4.98 Å². The molecule has 0 bridgehead atoms. The highest BCUT2D eigenvalue weighted by molar-refractivity contribution is 14.0. The quantitative estimate of drug-likeness (QED) is 0.324. The second-order valence-corrected chi connectivity index (χ2v) is 8.74. The average molecular weight is 543 g/mol. The third-order valence-corrected chi connectivity index (χ3v) is 6.35. The van der Waals surface area contributed by atoms with Crippen LogP contribution in [0.5, 0.6) is 0 Å². The van der Waals surface area contributed by atoms with E-state index in [0.717, 1.165) is 69.2 Å². The van der Waals surface area contributed by atoms with Crippen LogP contribution in [0.25, 0.3) is 0 Å². The Balaban J connectivity index is 0.00000341. The fourth-order valence-corrected chi connectivity index (χ4v) is 4.52. The number of rotatable bonds is 6. The molecule has 1 saturated carbocycles. The van der Waals surface area contributed by atoms with Crippen LogP contribution in [-0.2, 0) is 11.3 Å². The molecule has 1 aromatic rings. The zero-order valence-corrected chi connectivity index (χ0v) is 21.7. The van der Waals surface area contributed by atoms with Crippen molar-refractivity contribution in [3.05, 3.63) is 23.9 Å². The molecule has 1 aliphatic heterocycles. The number of hydrogen-bond acceptors (Lipinski definition) is 5. The number of pyridine rings is 1. The maximum Gasteiger partial charge on any atom is 0.230 e. The molecule has 1 aromatic heterocycles. The molecule has 2 fully saturated rings. The number of aromatic nitrogens is 1. The van der Waals surface area contributed by atoms with Crippen LogP contribution in [0, 0.1) is 5.41 Å². The molecule has 31 heavy (non-hydrogen) atoms. The zero-order valence-electron chi connectivity index (χ0n) is 19.4. The van der Waals surface area contributed by atoms with E-state index in [4.69, 9.17) is 0 Å². The molecular weight excluding hydrogens is 505 g/mol. The minimum absolute atomic E-state index is 0. The third kappa shape index (κ3) is 6.44. The van der Waals surface area contributed by atoms with Crippen LogP contribution in [0.4, 0.5) is 5.82 Å². The SMILES string of the molecule is CN=C(NCc1cccnc1N1CCN(C)CC1)NCC1(C(=O)N(C)C)CCCC1.I. The highest BCUT2D eigenvalue weighted by atomic mass is 127. The van der Waals surface area contributed by atoms with E-state index in [-0.39, 0.29) is 35.3 Å². The first-order valence-electron chi connectivity index (χ1n) is 11.0. The number of carbonyl (C=O) groups is 1. The summed E-state index contributed by atoms with van der Waals surface area (Å²) in [6, 6.07) is 4.10. The Morgan fingerprint density at radius 1 is 1.19 bits per heavy atom. The van der Waals surface area contributed by atoms with E-state index in [1.165, 1.54) is 0 Å². The van der Waals surface area contributed by atoms with Gasteiger partial charge in [0, 0.05) is 72.2 Å². The number of guanidine groups is 1. The predicted octanol–water partition coefficient (Wildman–Crippen LogP) is 1.76. The number of piperazine rings is 1. The Morgan fingerprint density at radius 2 is 1.87 bits per heavy atom. The van der Waals surface area contributed by atoms with Crippen molar-refractivity contribution >= 4 is 41.7 Å². The first-order chi connectivity index (χ1) is 14.4. The fraction of sp³-hybridized carbons (Fsp3) is 0.682. The Bertz CT molecular complexity index is 741. The van der Waals surface area contributed by atoms with Crippen LogP contribution >= 0.6 is 24.0 Å². The minimum Gasteiger partial charge on any atom is -0.355 e. The van der Waals surface area contributed by atoms with Crippen LogP contribution < -0.4 is 15.5 Å². The fourth-order valence-electron chi connectivity index (χ4n) is 4.52. The highest BCUT2D eigenvalue weighted by Gasteiger charge is 2.42. The number of nitrogens with zero attached hydrogens (tertiary/aromatic N) is 5. The second-order valence-electron chi connectivity index (χ2n) is 8.74. The number of aliphatic imine (C=N–C) groups is 1. The number of likely N-dealkylation sites (N-methyl/N-ethyl adjacent to an activating group) is 1. The number of carbonyl (C=O) groups excluding carboxylic acids is 1. The van der Waals surface area contributed by atoms with E-state index in [2.05, 4.69) is 43.5 Å². The van der Waals surface area contributed by atoms with Crippen molar-refractivity contribution in [3.63, 3.8) is 0 Å². The van der Waals surface area contributed by atoms with Crippen molar-refractivity contribution in [2.45, 2.75) is 32.2 Å². The molecule has 9 heteroatoms. The van der Waals surface area contributed by atoms with Crippen LogP contribution in [0.3, 0.4) is 0 Å². The smallest absolute Gasteiger partial charge is 0.230 e. The Morgan fingerprint density at radius 3 is 2.48 bits per heavy atom. The molecule has 0 radical (unpaired) electrons. The predicted molar refractivity (Wildman–Crippen MR) is 137 cm³/mol. The normalized spacial score (nSPS) is 19.0. The van der Waals surface area contributed by atoms with Crippen LogP contribution in [0.2, 0.25) is 0 Å². The monoisotopic (exact) mass is 543 g/mol. The van der Waals surface area contributed by atoms with E-state index in [1.54, 1.807) is 11.9 Å². The highest BCUT2D eigenvalue weighted by Crippen LogP contribution is 2.38. The molecule has 2 aliphatic rings. The van der Waals surface area contributed by atoms with E-state index in [9.17, 15) is 4.79 Å². The number of amides is 1. The Labute approximate surface area is 203 Å². The first kappa shape index (κ1) is 25.6. The molecule has 8 nitrogen and oxygen atoms in total. The molecule has 1 amide bonds. The lowest BCUT2D eigenvalue weighted by molar-refractivity contribution is -0.138. The van der Waals surface area contributed by atoms with Gasteiger partial charge in [-0.3, -0.25) is 9.79 Å². The maximum absolute atomic E-state index is 12.8. The van der Waals surface area contributed by atoms with Crippen molar-refractivity contribution in [2.75, 3.05) is 65.8 Å². The number of hydrogen-bond donors (Lipinski definition) is 2. The van der Waals surface area contributed by atoms with Gasteiger partial charge in [-0.15, -0.1) is 24.0 Å². The third-order valence-electron chi connectivity index (χ3n) is 6.35. The molecule has 0 spiro atoms. The standard InChI is InChI=1S/C22H37N7O.HI/c1-23-21(26-17-22(9-5-6-10-22)20(30)27(2)3)25-16-18-8-7-11-24-19(18)29-14-12-28(4)13-15-29;/h7-8,11H,5-6,9-10,12-17H2,1-4H3,(H2,23,25,26);1H. The molecule has 1 saturated heterocycles. The molecular formula is C22H38IN7O. The van der Waals surface area contributed by atoms with Gasteiger partial charge in [-0.2, -0.15) is 0 Å². The zero-order chi connectivity index (χ0) is 21.6. The molecule has 1 aliphatic carbocycles. The van der Waals surface area contributed by atoms with E-state index in [1.807, 2.05) is 26.4 Å². The van der Waals surface area contributed by atoms with Gasteiger partial charge in [0.25, 0.3) is 0 Å². The summed E-state index contributed by atoms with van der Waals surface area (Å²) in [5.74, 6) is 1.98. The van der Waals surface area contributed by atoms with Gasteiger partial charge in [-0.1, -0.05) is 18.9 Å². The Kier molecular flexibility index (Phi) is 9.80. The summed E-state index contributed by atoms with van der Waals surface area (Å²) in [4.78, 5) is 28.3. The second kappa shape index (κ2) is 11.8. The molecule has 2 N–H and O–H groups in total. The van der Waals surface area contributed by atoms with Gasteiger partial charge in [-0.05, 0) is 26.0 Å². The van der Waals surface area contributed by atoms with Gasteiger partial charge in [0.1, 0.15) is 5.82 Å². The Hall–Kier alpha value is -1.62. The molecule has 0 atom stereocenters. The average Bonchev–Trinajstić information content (AvgIpc) is 3.24. The van der Waals surface area contributed by atoms with Crippen LogP contribution in [0.1, 0.15) is 31.2 Å². The van der Waals surface area contributed by atoms with Crippen molar-refractivity contribution in [1.82, 2.24) is 25.4 Å². The number of halogens is 1. The lowest BCUT2D eigenvalue weighted by Gasteiger charge is -2.34. The number of anilines is 1. The van der Waals surface area contributed by atoms with Gasteiger partial charge in [0.2, 0.25) is 5.91 Å². The molecule has 3 rings (SSSR count). The van der Waals surface area contributed by atoms with Crippen LogP contribution in [0.15, 0.2) is 23.3 Å². The van der Waals surface area contributed by atoms with E-state index >= 15 is 0 Å². The van der Waals surface area contributed by atoms with Gasteiger partial charge in [0.05, 0.1) is 5.41 Å². The lowest BCUT2D eigenvalue weighted by atomic mass is 9.84. The summed E-state index contributed by atoms with van der Waals surface area (Å²) < 4.78 is 0. The van der Waals surface area contributed by atoms with Crippen molar-refractivity contribution in [1.29, 1.82) is 0 Å². The summed E-state index contributed by atoms with van der Waals surface area (Å²) in [5, 5.41) is 6.83. The van der Waals surface area contributed by atoms with E-state index < -0.39 is 0 Å².